The highest BCUT2D eigenvalue weighted by Gasteiger charge is 2.51. The topological polar surface area (TPSA) is 140 Å². The second-order valence-corrected chi connectivity index (χ2v) is 13.9. The maximum Gasteiger partial charge on any atom is 0.410 e. The summed E-state index contributed by atoms with van der Waals surface area (Å²) in [6, 6.07) is 0. The van der Waals surface area contributed by atoms with Gasteiger partial charge in [-0.05, 0) is 78.7 Å². The minimum atomic E-state index is -0.738. The summed E-state index contributed by atoms with van der Waals surface area (Å²) in [6.45, 7) is 24.0. The first-order chi connectivity index (χ1) is 21.8. The van der Waals surface area contributed by atoms with Crippen LogP contribution in [0.3, 0.4) is 0 Å². The molecule has 2 saturated carbocycles. The molecule has 15 heteroatoms. The minimum Gasteiger partial charge on any atom is -0.454 e. The van der Waals surface area contributed by atoms with Crippen molar-refractivity contribution in [2.75, 3.05) is 59.0 Å². The average molecular weight is 745 g/mol. The number of Topliss-reactive ketones (excluding diaryl/α,β-unsaturated/α-hetero) is 2. The normalized spacial score (nSPS) is 17.8. The van der Waals surface area contributed by atoms with Crippen molar-refractivity contribution in [3.05, 3.63) is 0 Å². The molecule has 0 bridgehead atoms. The number of ketones is 2. The summed E-state index contributed by atoms with van der Waals surface area (Å²) in [4.78, 5) is 69.8. The molecule has 2 amide bonds. The van der Waals surface area contributed by atoms with Gasteiger partial charge in [0.1, 0.15) is 17.2 Å². The number of hydrogen-bond donors (Lipinski definition) is 0. The summed E-state index contributed by atoms with van der Waals surface area (Å²) in [6.07, 6.45) is 4.07. The smallest absolute Gasteiger partial charge is 0.410 e. The highest BCUT2D eigenvalue weighted by molar-refractivity contribution is 6.92. The average Bonchev–Trinajstić information content (AvgIpc) is 3.51. The van der Waals surface area contributed by atoms with Crippen molar-refractivity contribution in [3.8, 4) is 0 Å². The van der Waals surface area contributed by atoms with Crippen LogP contribution in [0.5, 0.6) is 0 Å². The van der Waals surface area contributed by atoms with E-state index in [4.69, 9.17) is 21.1 Å². The van der Waals surface area contributed by atoms with Crippen LogP contribution in [0.25, 0.3) is 0 Å². The number of nitrogens with zero attached hydrogens (tertiary/aromatic N) is 3. The molecule has 2 aliphatic heterocycles. The molecule has 2 spiro atoms. The Balaban J connectivity index is 0. The maximum atomic E-state index is 11.7. The summed E-state index contributed by atoms with van der Waals surface area (Å²) in [7, 11) is 0. The van der Waals surface area contributed by atoms with Crippen LogP contribution in [0.2, 0.25) is 0 Å². The lowest BCUT2D eigenvalue weighted by Crippen LogP contribution is -2.58. The predicted octanol–water partition coefficient (Wildman–Crippen LogP) is 6.73. The van der Waals surface area contributed by atoms with Crippen LogP contribution in [-0.2, 0) is 28.6 Å². The second kappa shape index (κ2) is 23.4. The Morgan fingerprint density at radius 2 is 1.08 bits per heavy atom. The molecule has 1 atom stereocenters. The SMILES string of the molecule is CC(=O)Cl.CC(C)(C)OC(=O)N1CC2(CCC(=O)C2)C1.CCN(CC)CC.CCOC(=O)Cl.CCOC(=O)N1CC2(CCC(=O)C2)C1.P. The van der Waals surface area contributed by atoms with Crippen molar-refractivity contribution >= 4 is 67.5 Å². The summed E-state index contributed by atoms with van der Waals surface area (Å²) >= 11 is 9.35. The molecule has 0 radical (unpaired) electrons. The summed E-state index contributed by atoms with van der Waals surface area (Å²) in [5, 5.41) is -0.361. The van der Waals surface area contributed by atoms with Crippen molar-refractivity contribution in [3.63, 3.8) is 0 Å². The van der Waals surface area contributed by atoms with Crippen LogP contribution >= 0.6 is 33.1 Å². The summed E-state index contributed by atoms with van der Waals surface area (Å²) < 4.78 is 14.3. The van der Waals surface area contributed by atoms with Crippen LogP contribution in [0.1, 0.15) is 101 Å². The van der Waals surface area contributed by atoms with Crippen molar-refractivity contribution in [2.45, 2.75) is 106 Å². The first-order valence-electron chi connectivity index (χ1n) is 16.4. The Labute approximate surface area is 300 Å². The lowest BCUT2D eigenvalue weighted by Gasteiger charge is -2.47. The molecule has 12 nitrogen and oxygen atoms in total. The molecule has 48 heavy (non-hydrogen) atoms. The van der Waals surface area contributed by atoms with Gasteiger partial charge in [-0.2, -0.15) is 9.90 Å². The van der Waals surface area contributed by atoms with E-state index < -0.39 is 11.0 Å². The number of halogens is 2. The molecular formula is C33H60Cl2N3O9P. The molecule has 0 aromatic heterocycles. The predicted molar refractivity (Wildman–Crippen MR) is 193 cm³/mol. The van der Waals surface area contributed by atoms with Crippen LogP contribution in [0.4, 0.5) is 14.4 Å². The van der Waals surface area contributed by atoms with E-state index in [0.717, 1.165) is 12.8 Å². The fourth-order valence-corrected chi connectivity index (χ4v) is 5.76. The van der Waals surface area contributed by atoms with Gasteiger partial charge < -0.3 is 28.9 Å². The molecule has 2 aliphatic carbocycles. The van der Waals surface area contributed by atoms with E-state index in [1.165, 1.54) is 26.6 Å². The van der Waals surface area contributed by atoms with E-state index in [1.807, 2.05) is 20.8 Å². The van der Waals surface area contributed by atoms with Crippen LogP contribution in [-0.4, -0.2) is 114 Å². The first-order valence-corrected chi connectivity index (χ1v) is 17.2. The van der Waals surface area contributed by atoms with Crippen LogP contribution in [0.15, 0.2) is 0 Å². The second-order valence-electron chi connectivity index (χ2n) is 13.1. The molecular weight excluding hydrogens is 684 g/mol. The number of likely N-dealkylation sites (tertiary alicyclic amines) is 2. The molecule has 4 rings (SSSR count). The highest BCUT2D eigenvalue weighted by atomic mass is 35.5. The third-order valence-corrected chi connectivity index (χ3v) is 8.00. The van der Waals surface area contributed by atoms with Gasteiger partial charge in [-0.1, -0.05) is 20.8 Å². The zero-order valence-electron chi connectivity index (χ0n) is 30.6. The number of hydrogen-bond acceptors (Lipinski definition) is 10. The molecule has 0 aromatic rings. The molecule has 0 N–H and O–H groups in total. The van der Waals surface area contributed by atoms with Gasteiger partial charge in [0, 0.05) is 81.2 Å². The van der Waals surface area contributed by atoms with Gasteiger partial charge in [0.15, 0.2) is 0 Å². The number of carbonyl (C=O) groups is 6. The quantitative estimate of drug-likeness (QED) is 0.169. The van der Waals surface area contributed by atoms with E-state index >= 15 is 0 Å². The first kappa shape index (κ1) is 48.1. The zero-order chi connectivity index (χ0) is 36.4. The minimum absolute atomic E-state index is 0. The number of carbonyl (C=O) groups excluding carboxylic acids is 6. The number of ether oxygens (including phenoxy) is 3. The Hall–Kier alpha value is -2.01. The fraction of sp³-hybridized carbons (Fsp3) is 0.818. The van der Waals surface area contributed by atoms with E-state index in [0.29, 0.717) is 76.6 Å². The molecule has 4 aliphatic rings. The zero-order valence-corrected chi connectivity index (χ0v) is 33.5. The Morgan fingerprint density at radius 3 is 1.29 bits per heavy atom. The van der Waals surface area contributed by atoms with Crippen molar-refractivity contribution in [1.82, 2.24) is 14.7 Å². The standard InChI is InChI=1S/C12H19NO3.C10H15NO3.C6H15N.C3H5ClO2.C2H3ClO.H3P/c1-11(2,3)16-10(15)13-7-12(8-13)5-4-9(14)6-12;1-2-14-9(13)11-6-10(7-11)4-3-8(12)5-10;1-4-7(5-2)6-3;1-2-6-3(4)5;1-2(3)4;/h4-8H2,1-3H3;2-7H2,1H3;4-6H2,1-3H3;2H2,1H3;1H3;1H3. The highest BCUT2D eigenvalue weighted by Crippen LogP contribution is 2.45. The molecule has 2 heterocycles. The Kier molecular flexibility index (Phi) is 23.5. The number of amides is 2. The molecule has 2 saturated heterocycles. The molecule has 280 valence electrons. The van der Waals surface area contributed by atoms with Gasteiger partial charge in [-0.3, -0.25) is 14.4 Å². The number of rotatable bonds is 5. The van der Waals surface area contributed by atoms with Crippen molar-refractivity contribution in [1.29, 1.82) is 0 Å². The maximum absolute atomic E-state index is 11.7. The summed E-state index contributed by atoms with van der Waals surface area (Å²) in [5.74, 6) is 0.678. The fourth-order valence-electron chi connectivity index (χ4n) is 5.65. The van der Waals surface area contributed by atoms with Crippen molar-refractivity contribution < 1.29 is 43.0 Å². The van der Waals surface area contributed by atoms with E-state index in [1.54, 1.807) is 23.6 Å². The van der Waals surface area contributed by atoms with E-state index in [9.17, 15) is 28.8 Å². The third-order valence-electron chi connectivity index (χ3n) is 7.89. The Morgan fingerprint density at radius 1 is 0.729 bits per heavy atom. The van der Waals surface area contributed by atoms with Crippen LogP contribution in [0, 0.1) is 10.8 Å². The lowest BCUT2D eigenvalue weighted by molar-refractivity contribution is -0.119. The molecule has 0 aromatic carbocycles. The van der Waals surface area contributed by atoms with E-state index in [-0.39, 0.29) is 38.2 Å². The van der Waals surface area contributed by atoms with E-state index in [2.05, 4.69) is 42.0 Å². The van der Waals surface area contributed by atoms with Gasteiger partial charge in [0.2, 0.25) is 5.24 Å². The molecule has 4 fully saturated rings. The largest absolute Gasteiger partial charge is 0.454 e. The van der Waals surface area contributed by atoms with Gasteiger partial charge in [0.05, 0.1) is 13.2 Å². The van der Waals surface area contributed by atoms with Gasteiger partial charge >= 0.3 is 17.6 Å². The lowest BCUT2D eigenvalue weighted by atomic mass is 9.78. The summed E-state index contributed by atoms with van der Waals surface area (Å²) in [5.41, 5.74) is -0.971. The van der Waals surface area contributed by atoms with Crippen LogP contribution < -0.4 is 0 Å². The van der Waals surface area contributed by atoms with Gasteiger partial charge in [0.25, 0.3) is 0 Å². The van der Waals surface area contributed by atoms with Crippen molar-refractivity contribution in [2.24, 2.45) is 10.8 Å². The third kappa shape index (κ3) is 19.2. The molecule has 1 unspecified atom stereocenters. The van der Waals surface area contributed by atoms with Gasteiger partial charge in [-0.25, -0.2) is 14.4 Å². The monoisotopic (exact) mass is 743 g/mol. The Bertz CT molecular complexity index is 1030. The van der Waals surface area contributed by atoms with Gasteiger partial charge in [-0.15, -0.1) is 0 Å².